The van der Waals surface area contributed by atoms with E-state index in [0.29, 0.717) is 28.8 Å². The molecule has 1 unspecified atom stereocenters. The highest BCUT2D eigenvalue weighted by Crippen LogP contribution is 2.32. The van der Waals surface area contributed by atoms with Crippen LogP contribution in [-0.2, 0) is 0 Å². The SMILES string of the molecule is OC(c1ccccc1)c1ccc(-c2ccc(-c3ccco3)o2)o1. The number of benzene rings is 1. The largest absolute Gasteiger partial charge is 0.461 e. The molecule has 0 radical (unpaired) electrons. The van der Waals surface area contributed by atoms with Crippen molar-refractivity contribution in [3.05, 3.63) is 84.3 Å². The first-order valence-electron chi connectivity index (χ1n) is 7.28. The van der Waals surface area contributed by atoms with E-state index in [1.165, 1.54) is 0 Å². The van der Waals surface area contributed by atoms with Gasteiger partial charge in [0.1, 0.15) is 11.9 Å². The van der Waals surface area contributed by atoms with Crippen molar-refractivity contribution in [2.45, 2.75) is 6.10 Å². The summed E-state index contributed by atoms with van der Waals surface area (Å²) in [4.78, 5) is 0. The van der Waals surface area contributed by atoms with Gasteiger partial charge in [0.05, 0.1) is 6.26 Å². The molecule has 114 valence electrons. The minimum Gasteiger partial charge on any atom is -0.461 e. The van der Waals surface area contributed by atoms with Gasteiger partial charge in [-0.1, -0.05) is 30.3 Å². The highest BCUT2D eigenvalue weighted by molar-refractivity contribution is 5.58. The molecule has 4 aromatic rings. The molecule has 0 fully saturated rings. The lowest BCUT2D eigenvalue weighted by atomic mass is 10.1. The van der Waals surface area contributed by atoms with Crippen molar-refractivity contribution in [2.24, 2.45) is 0 Å². The number of rotatable bonds is 4. The summed E-state index contributed by atoms with van der Waals surface area (Å²) in [5.41, 5.74) is 0.782. The van der Waals surface area contributed by atoms with Gasteiger partial charge >= 0.3 is 0 Å². The van der Waals surface area contributed by atoms with Gasteiger partial charge in [0.15, 0.2) is 23.0 Å². The molecule has 0 aliphatic carbocycles. The van der Waals surface area contributed by atoms with Crippen LogP contribution in [0.25, 0.3) is 23.0 Å². The van der Waals surface area contributed by atoms with Crippen LogP contribution in [0.3, 0.4) is 0 Å². The molecule has 0 saturated carbocycles. The van der Waals surface area contributed by atoms with Crippen molar-refractivity contribution in [3.63, 3.8) is 0 Å². The molecule has 4 nitrogen and oxygen atoms in total. The van der Waals surface area contributed by atoms with Gasteiger partial charge in [0, 0.05) is 0 Å². The fourth-order valence-corrected chi connectivity index (χ4v) is 2.45. The Labute approximate surface area is 132 Å². The Hall–Kier alpha value is -2.98. The number of aliphatic hydroxyl groups is 1. The van der Waals surface area contributed by atoms with Crippen LogP contribution >= 0.6 is 0 Å². The molecule has 0 aliphatic heterocycles. The molecule has 1 N–H and O–H groups in total. The van der Waals surface area contributed by atoms with Gasteiger partial charge in [-0.2, -0.15) is 0 Å². The Morgan fingerprint density at radius 1 is 0.652 bits per heavy atom. The van der Waals surface area contributed by atoms with Crippen LogP contribution in [0.15, 0.2) is 86.2 Å². The Bertz CT molecular complexity index is 885. The van der Waals surface area contributed by atoms with Crippen LogP contribution in [0.5, 0.6) is 0 Å². The zero-order valence-electron chi connectivity index (χ0n) is 12.2. The minimum absolute atomic E-state index is 0.474. The van der Waals surface area contributed by atoms with E-state index < -0.39 is 6.10 Å². The minimum atomic E-state index is -0.801. The molecule has 0 amide bonds. The third-order valence-electron chi connectivity index (χ3n) is 3.62. The lowest BCUT2D eigenvalue weighted by molar-refractivity contribution is 0.190. The second-order valence-corrected chi connectivity index (χ2v) is 5.16. The van der Waals surface area contributed by atoms with E-state index in [0.717, 1.165) is 5.56 Å². The molecule has 4 heteroatoms. The van der Waals surface area contributed by atoms with Gasteiger partial charge in [0.2, 0.25) is 0 Å². The maximum Gasteiger partial charge on any atom is 0.170 e. The quantitative estimate of drug-likeness (QED) is 0.583. The second kappa shape index (κ2) is 5.66. The summed E-state index contributed by atoms with van der Waals surface area (Å²) in [5.74, 6) is 2.91. The molecule has 3 aromatic heterocycles. The van der Waals surface area contributed by atoms with Crippen molar-refractivity contribution in [3.8, 4) is 23.0 Å². The number of furan rings is 3. The third-order valence-corrected chi connectivity index (χ3v) is 3.62. The average Bonchev–Trinajstić information content (AvgIpc) is 3.34. The molecular formula is C19H14O4. The Morgan fingerprint density at radius 3 is 2.09 bits per heavy atom. The summed E-state index contributed by atoms with van der Waals surface area (Å²) in [7, 11) is 0. The molecular weight excluding hydrogens is 292 g/mol. The molecule has 0 spiro atoms. The highest BCUT2D eigenvalue weighted by Gasteiger charge is 2.17. The first-order valence-corrected chi connectivity index (χ1v) is 7.28. The molecule has 1 aromatic carbocycles. The Kier molecular flexibility index (Phi) is 3.37. The second-order valence-electron chi connectivity index (χ2n) is 5.16. The highest BCUT2D eigenvalue weighted by atomic mass is 16.4. The Balaban J connectivity index is 1.61. The van der Waals surface area contributed by atoms with E-state index in [-0.39, 0.29) is 0 Å². The van der Waals surface area contributed by atoms with Crippen LogP contribution in [-0.4, -0.2) is 5.11 Å². The van der Waals surface area contributed by atoms with Gasteiger partial charge < -0.3 is 18.4 Å². The van der Waals surface area contributed by atoms with E-state index in [1.807, 2.05) is 48.5 Å². The van der Waals surface area contributed by atoms with Crippen molar-refractivity contribution in [1.82, 2.24) is 0 Å². The predicted octanol–water partition coefficient (Wildman–Crippen LogP) is 4.88. The van der Waals surface area contributed by atoms with Crippen molar-refractivity contribution >= 4 is 0 Å². The van der Waals surface area contributed by atoms with Gasteiger partial charge in [-0.05, 0) is 42.0 Å². The van der Waals surface area contributed by atoms with Crippen LogP contribution in [0, 0.1) is 0 Å². The van der Waals surface area contributed by atoms with Crippen LogP contribution in [0.4, 0.5) is 0 Å². The summed E-state index contributed by atoms with van der Waals surface area (Å²) >= 11 is 0. The number of hydrogen-bond donors (Lipinski definition) is 1. The number of hydrogen-bond acceptors (Lipinski definition) is 4. The molecule has 23 heavy (non-hydrogen) atoms. The molecule has 0 saturated heterocycles. The summed E-state index contributed by atoms with van der Waals surface area (Å²) < 4.78 is 16.8. The first kappa shape index (κ1) is 13.7. The fourth-order valence-electron chi connectivity index (χ4n) is 2.45. The molecule has 0 aliphatic rings. The zero-order chi connectivity index (χ0) is 15.6. The summed E-state index contributed by atoms with van der Waals surface area (Å²) in [6, 6.07) is 20.2. The molecule has 0 bridgehead atoms. The summed E-state index contributed by atoms with van der Waals surface area (Å²) in [5, 5.41) is 10.4. The normalized spacial score (nSPS) is 12.4. The maximum absolute atomic E-state index is 10.4. The lowest BCUT2D eigenvalue weighted by Gasteiger charge is -2.07. The van der Waals surface area contributed by atoms with Gasteiger partial charge in [0.25, 0.3) is 0 Å². The van der Waals surface area contributed by atoms with E-state index in [2.05, 4.69) is 0 Å². The van der Waals surface area contributed by atoms with Crippen LogP contribution < -0.4 is 0 Å². The van der Waals surface area contributed by atoms with E-state index in [9.17, 15) is 5.11 Å². The smallest absolute Gasteiger partial charge is 0.170 e. The fraction of sp³-hybridized carbons (Fsp3) is 0.0526. The van der Waals surface area contributed by atoms with Gasteiger partial charge in [-0.3, -0.25) is 0 Å². The topological polar surface area (TPSA) is 59.7 Å². The van der Waals surface area contributed by atoms with E-state index in [1.54, 1.807) is 24.5 Å². The van der Waals surface area contributed by atoms with Gasteiger partial charge in [-0.15, -0.1) is 0 Å². The monoisotopic (exact) mass is 306 g/mol. The molecule has 4 rings (SSSR count). The summed E-state index contributed by atoms with van der Waals surface area (Å²) in [6.45, 7) is 0. The Morgan fingerprint density at radius 2 is 1.35 bits per heavy atom. The summed E-state index contributed by atoms with van der Waals surface area (Å²) in [6.07, 6.45) is 0.795. The lowest BCUT2D eigenvalue weighted by Crippen LogP contribution is -1.96. The standard InChI is InChI=1S/C19H14O4/c20-19(13-5-2-1-3-6-13)18-11-10-17(23-18)16-9-8-15(22-16)14-7-4-12-21-14/h1-12,19-20H. The van der Waals surface area contributed by atoms with Crippen molar-refractivity contribution < 1.29 is 18.4 Å². The van der Waals surface area contributed by atoms with Crippen molar-refractivity contribution in [2.75, 3.05) is 0 Å². The van der Waals surface area contributed by atoms with Crippen LogP contribution in [0.2, 0.25) is 0 Å². The molecule has 1 atom stereocenters. The average molecular weight is 306 g/mol. The molecule has 3 heterocycles. The predicted molar refractivity (Wildman–Crippen MR) is 84.6 cm³/mol. The van der Waals surface area contributed by atoms with Gasteiger partial charge in [-0.25, -0.2) is 0 Å². The maximum atomic E-state index is 10.4. The van der Waals surface area contributed by atoms with E-state index in [4.69, 9.17) is 13.3 Å². The van der Waals surface area contributed by atoms with Crippen molar-refractivity contribution in [1.29, 1.82) is 0 Å². The zero-order valence-corrected chi connectivity index (χ0v) is 12.2. The van der Waals surface area contributed by atoms with E-state index >= 15 is 0 Å². The number of aliphatic hydroxyl groups excluding tert-OH is 1. The van der Waals surface area contributed by atoms with Crippen LogP contribution in [0.1, 0.15) is 17.4 Å². The third kappa shape index (κ3) is 2.60. The first-order chi connectivity index (χ1) is 11.3.